The van der Waals surface area contributed by atoms with Crippen LogP contribution in [0.4, 0.5) is 0 Å². The molecule has 1 saturated heterocycles. The molecule has 4 heteroatoms. The summed E-state index contributed by atoms with van der Waals surface area (Å²) in [4.78, 5) is 0. The van der Waals surface area contributed by atoms with E-state index >= 15 is 0 Å². The minimum absolute atomic E-state index is 0.0617. The molecule has 3 rings (SSSR count). The lowest BCUT2D eigenvalue weighted by molar-refractivity contribution is 0.139. The van der Waals surface area contributed by atoms with Crippen molar-refractivity contribution < 1.29 is 5.11 Å². The summed E-state index contributed by atoms with van der Waals surface area (Å²) in [5.74, 6) is 0.322. The third-order valence-corrected chi connectivity index (χ3v) is 4.80. The summed E-state index contributed by atoms with van der Waals surface area (Å²) in [5.41, 5.74) is 9.05. The van der Waals surface area contributed by atoms with Gasteiger partial charge in [0.25, 0.3) is 0 Å². The molecule has 0 unspecified atom stereocenters. The van der Waals surface area contributed by atoms with Gasteiger partial charge in [-0.25, -0.2) is 0 Å². The SMILES string of the molecule is N[C@@H]1c2cc(O)ccc2CC12CCN(S)CC2. The van der Waals surface area contributed by atoms with Gasteiger partial charge in [0.05, 0.1) is 0 Å². The summed E-state index contributed by atoms with van der Waals surface area (Å²) < 4.78 is 2.07. The Morgan fingerprint density at radius 2 is 2.06 bits per heavy atom. The van der Waals surface area contributed by atoms with Crippen molar-refractivity contribution in [2.24, 2.45) is 11.1 Å². The molecule has 3 nitrogen and oxygen atoms in total. The number of thiol groups is 1. The van der Waals surface area contributed by atoms with E-state index in [0.29, 0.717) is 5.75 Å². The van der Waals surface area contributed by atoms with E-state index in [0.717, 1.165) is 37.9 Å². The van der Waals surface area contributed by atoms with Gasteiger partial charge in [-0.3, -0.25) is 4.31 Å². The van der Waals surface area contributed by atoms with Crippen LogP contribution in [0.2, 0.25) is 0 Å². The van der Waals surface area contributed by atoms with Crippen molar-refractivity contribution in [3.8, 4) is 5.75 Å². The molecule has 1 atom stereocenters. The van der Waals surface area contributed by atoms with Crippen molar-refractivity contribution in [2.75, 3.05) is 13.1 Å². The maximum Gasteiger partial charge on any atom is 0.115 e. The van der Waals surface area contributed by atoms with E-state index in [9.17, 15) is 5.11 Å². The zero-order valence-electron chi connectivity index (χ0n) is 9.76. The Labute approximate surface area is 107 Å². The Morgan fingerprint density at radius 1 is 1.35 bits per heavy atom. The summed E-state index contributed by atoms with van der Waals surface area (Å²) in [6, 6.07) is 5.68. The van der Waals surface area contributed by atoms with Crippen molar-refractivity contribution in [2.45, 2.75) is 25.3 Å². The highest BCUT2D eigenvalue weighted by atomic mass is 32.1. The first-order valence-corrected chi connectivity index (χ1v) is 6.52. The third-order valence-electron chi connectivity index (χ3n) is 4.40. The number of nitrogens with zero attached hydrogens (tertiary/aromatic N) is 1. The molecule has 0 amide bonds. The molecule has 0 aromatic heterocycles. The highest BCUT2D eigenvalue weighted by Crippen LogP contribution is 2.51. The van der Waals surface area contributed by atoms with Crippen molar-refractivity contribution >= 4 is 12.8 Å². The molecule has 1 spiro atoms. The summed E-state index contributed by atoms with van der Waals surface area (Å²) in [6.07, 6.45) is 3.23. The largest absolute Gasteiger partial charge is 0.508 e. The second kappa shape index (κ2) is 3.90. The van der Waals surface area contributed by atoms with Crippen LogP contribution in [0.1, 0.15) is 30.0 Å². The first-order valence-electron chi connectivity index (χ1n) is 6.12. The molecule has 1 fully saturated rings. The number of hydrogen-bond acceptors (Lipinski definition) is 4. The number of rotatable bonds is 0. The molecular formula is C13H18N2OS. The van der Waals surface area contributed by atoms with E-state index in [2.05, 4.69) is 17.1 Å². The van der Waals surface area contributed by atoms with Gasteiger partial charge in [-0.05, 0) is 47.9 Å². The molecule has 0 saturated carbocycles. The average molecular weight is 250 g/mol. The molecule has 1 heterocycles. The summed E-state index contributed by atoms with van der Waals surface area (Å²) in [5, 5.41) is 9.57. The number of phenols is 1. The van der Waals surface area contributed by atoms with E-state index in [-0.39, 0.29) is 11.5 Å². The molecule has 2 aliphatic rings. The lowest BCUT2D eigenvalue weighted by Crippen LogP contribution is -2.41. The van der Waals surface area contributed by atoms with Crippen LogP contribution in [0.5, 0.6) is 5.75 Å². The lowest BCUT2D eigenvalue weighted by atomic mass is 9.73. The van der Waals surface area contributed by atoms with Gasteiger partial charge >= 0.3 is 0 Å². The number of nitrogens with two attached hydrogens (primary N) is 1. The summed E-state index contributed by atoms with van der Waals surface area (Å²) in [6.45, 7) is 1.99. The standard InChI is InChI=1S/C13H18N2OS/c14-12-11-7-10(16)2-1-9(11)8-13(12)3-5-15(17)6-4-13/h1-2,7,12,16-17H,3-6,8,14H2/t12-/m1/s1. The number of piperidine rings is 1. The van der Waals surface area contributed by atoms with Crippen LogP contribution in [0.25, 0.3) is 0 Å². The minimum Gasteiger partial charge on any atom is -0.508 e. The number of fused-ring (bicyclic) bond motifs is 1. The van der Waals surface area contributed by atoms with Gasteiger partial charge in [0.1, 0.15) is 5.75 Å². The lowest BCUT2D eigenvalue weighted by Gasteiger charge is -2.40. The highest BCUT2D eigenvalue weighted by molar-refractivity contribution is 7.77. The molecule has 1 aliphatic carbocycles. The van der Waals surface area contributed by atoms with Crippen LogP contribution in [0, 0.1) is 5.41 Å². The Hall–Kier alpha value is -0.710. The Morgan fingerprint density at radius 3 is 2.76 bits per heavy atom. The van der Waals surface area contributed by atoms with E-state index in [1.165, 1.54) is 5.56 Å². The molecule has 17 heavy (non-hydrogen) atoms. The van der Waals surface area contributed by atoms with Crippen LogP contribution in [0.3, 0.4) is 0 Å². The van der Waals surface area contributed by atoms with Crippen molar-refractivity contribution in [3.63, 3.8) is 0 Å². The van der Waals surface area contributed by atoms with E-state index in [4.69, 9.17) is 5.73 Å². The fraction of sp³-hybridized carbons (Fsp3) is 0.538. The first kappa shape index (κ1) is 11.4. The van der Waals surface area contributed by atoms with E-state index in [1.54, 1.807) is 6.07 Å². The molecule has 1 aromatic carbocycles. The molecule has 1 aromatic rings. The van der Waals surface area contributed by atoms with Gasteiger partial charge in [-0.2, -0.15) is 0 Å². The summed E-state index contributed by atoms with van der Waals surface area (Å²) in [7, 11) is 0. The van der Waals surface area contributed by atoms with Gasteiger partial charge in [0.2, 0.25) is 0 Å². The highest BCUT2D eigenvalue weighted by Gasteiger charge is 2.45. The smallest absolute Gasteiger partial charge is 0.115 e. The van der Waals surface area contributed by atoms with E-state index in [1.807, 2.05) is 12.1 Å². The quantitative estimate of drug-likeness (QED) is 0.616. The predicted molar refractivity (Wildman–Crippen MR) is 71.0 cm³/mol. The molecule has 3 N–H and O–H groups in total. The van der Waals surface area contributed by atoms with Crippen LogP contribution in [0.15, 0.2) is 18.2 Å². The third kappa shape index (κ3) is 1.75. The zero-order chi connectivity index (χ0) is 12.0. The maximum absolute atomic E-state index is 9.57. The Kier molecular flexibility index (Phi) is 2.61. The average Bonchev–Trinajstić information content (AvgIpc) is 2.58. The Bertz CT molecular complexity index is 441. The molecule has 0 bridgehead atoms. The number of aromatic hydroxyl groups is 1. The van der Waals surface area contributed by atoms with Crippen molar-refractivity contribution in [1.82, 2.24) is 4.31 Å². The van der Waals surface area contributed by atoms with Crippen LogP contribution in [-0.4, -0.2) is 22.5 Å². The van der Waals surface area contributed by atoms with Crippen LogP contribution < -0.4 is 5.73 Å². The number of phenolic OH excluding ortho intramolecular Hbond substituents is 1. The number of benzene rings is 1. The monoisotopic (exact) mass is 250 g/mol. The van der Waals surface area contributed by atoms with Gasteiger partial charge in [-0.1, -0.05) is 18.9 Å². The maximum atomic E-state index is 9.57. The molecule has 0 radical (unpaired) electrons. The first-order chi connectivity index (χ1) is 8.11. The predicted octanol–water partition coefficient (Wildman–Crippen LogP) is 1.88. The van der Waals surface area contributed by atoms with Gasteiger partial charge in [0.15, 0.2) is 0 Å². The van der Waals surface area contributed by atoms with Gasteiger partial charge in [-0.15, -0.1) is 0 Å². The van der Waals surface area contributed by atoms with Crippen molar-refractivity contribution in [3.05, 3.63) is 29.3 Å². The normalized spacial score (nSPS) is 27.3. The van der Waals surface area contributed by atoms with Crippen molar-refractivity contribution in [1.29, 1.82) is 0 Å². The van der Waals surface area contributed by atoms with E-state index < -0.39 is 0 Å². The zero-order valence-corrected chi connectivity index (χ0v) is 10.7. The molecular weight excluding hydrogens is 232 g/mol. The minimum atomic E-state index is 0.0617. The van der Waals surface area contributed by atoms with Gasteiger partial charge in [0, 0.05) is 19.1 Å². The van der Waals surface area contributed by atoms with Gasteiger partial charge < -0.3 is 10.8 Å². The second-order valence-electron chi connectivity index (χ2n) is 5.35. The Balaban J connectivity index is 1.93. The fourth-order valence-corrected chi connectivity index (χ4v) is 3.48. The fourth-order valence-electron chi connectivity index (χ4n) is 3.28. The van der Waals surface area contributed by atoms with Crippen LogP contribution in [-0.2, 0) is 6.42 Å². The second-order valence-corrected chi connectivity index (χ2v) is 5.92. The molecule has 92 valence electrons. The topological polar surface area (TPSA) is 49.5 Å². The number of hydrogen-bond donors (Lipinski definition) is 3. The summed E-state index contributed by atoms with van der Waals surface area (Å²) >= 11 is 4.40. The van der Waals surface area contributed by atoms with Crippen LogP contribution >= 0.6 is 12.8 Å². The molecule has 1 aliphatic heterocycles.